The van der Waals surface area contributed by atoms with Crippen LogP contribution in [0.3, 0.4) is 0 Å². The molecule has 0 saturated heterocycles. The van der Waals surface area contributed by atoms with Gasteiger partial charge >= 0.3 is 0 Å². The van der Waals surface area contributed by atoms with Gasteiger partial charge in [0.15, 0.2) is 5.82 Å². The fourth-order valence-corrected chi connectivity index (χ4v) is 2.57. The van der Waals surface area contributed by atoms with Crippen molar-refractivity contribution in [2.24, 2.45) is 0 Å². The van der Waals surface area contributed by atoms with Gasteiger partial charge in [-0.1, -0.05) is 23.8 Å². The molecule has 5 nitrogen and oxygen atoms in total. The van der Waals surface area contributed by atoms with Crippen LogP contribution in [-0.2, 0) is 4.79 Å². The first kappa shape index (κ1) is 13.5. The third-order valence-electron chi connectivity index (χ3n) is 3.61. The van der Waals surface area contributed by atoms with Crippen molar-refractivity contribution in [2.75, 3.05) is 5.32 Å². The molecule has 108 valence electrons. The molecular formula is C16H18N4O. The van der Waals surface area contributed by atoms with Gasteiger partial charge in [0.25, 0.3) is 0 Å². The smallest absolute Gasteiger partial charge is 0.228 e. The molecule has 1 aromatic heterocycles. The maximum absolute atomic E-state index is 12.1. The van der Waals surface area contributed by atoms with Crippen LogP contribution in [0, 0.1) is 0 Å². The molecule has 0 fully saturated rings. The summed E-state index contributed by atoms with van der Waals surface area (Å²) in [4.78, 5) is 16.2. The Morgan fingerprint density at radius 3 is 3.05 bits per heavy atom. The maximum atomic E-state index is 12.1. The van der Waals surface area contributed by atoms with Gasteiger partial charge in [0, 0.05) is 17.7 Å². The monoisotopic (exact) mass is 282 g/mol. The zero-order valence-corrected chi connectivity index (χ0v) is 11.8. The molecule has 1 aromatic carbocycles. The second kappa shape index (κ2) is 6.35. The van der Waals surface area contributed by atoms with E-state index in [0.717, 1.165) is 24.1 Å². The molecule has 5 heteroatoms. The Hall–Kier alpha value is -2.43. The number of carbonyl (C=O) groups is 1. The lowest BCUT2D eigenvalue weighted by molar-refractivity contribution is -0.115. The average molecular weight is 282 g/mol. The first-order valence-corrected chi connectivity index (χ1v) is 7.25. The number of hydrogen-bond acceptors (Lipinski definition) is 3. The number of benzene rings is 1. The van der Waals surface area contributed by atoms with Crippen LogP contribution in [0.5, 0.6) is 0 Å². The van der Waals surface area contributed by atoms with Gasteiger partial charge in [-0.15, -0.1) is 0 Å². The van der Waals surface area contributed by atoms with Crippen molar-refractivity contribution >= 4 is 11.6 Å². The molecule has 1 aliphatic rings. The fourth-order valence-electron chi connectivity index (χ4n) is 2.57. The van der Waals surface area contributed by atoms with Crippen molar-refractivity contribution in [1.29, 1.82) is 0 Å². The molecule has 0 aliphatic heterocycles. The van der Waals surface area contributed by atoms with Gasteiger partial charge in [-0.25, -0.2) is 4.98 Å². The minimum Gasteiger partial charge on any atom is -0.326 e. The Labute approximate surface area is 123 Å². The largest absolute Gasteiger partial charge is 0.326 e. The number of anilines is 1. The predicted molar refractivity (Wildman–Crippen MR) is 81.6 cm³/mol. The summed E-state index contributed by atoms with van der Waals surface area (Å²) in [6.45, 7) is 0. The summed E-state index contributed by atoms with van der Waals surface area (Å²) in [5, 5.41) is 9.60. The van der Waals surface area contributed by atoms with Crippen LogP contribution in [0.4, 0.5) is 5.69 Å². The highest BCUT2D eigenvalue weighted by atomic mass is 16.1. The Morgan fingerprint density at radius 1 is 1.33 bits per heavy atom. The SMILES string of the molecule is O=C(CC1=CCCCC1)Nc1cccc(-c2ncn[nH]2)c1. The standard InChI is InChI=1S/C16H18N4O/c21-15(9-12-5-2-1-3-6-12)19-14-8-4-7-13(10-14)16-17-11-18-20-16/h4-5,7-8,10-11H,1-3,6,9H2,(H,19,21)(H,17,18,20). The Bertz CT molecular complexity index is 646. The van der Waals surface area contributed by atoms with Gasteiger partial charge in [-0.3, -0.25) is 9.89 Å². The van der Waals surface area contributed by atoms with E-state index < -0.39 is 0 Å². The van der Waals surface area contributed by atoms with E-state index in [1.54, 1.807) is 0 Å². The third kappa shape index (κ3) is 3.56. The number of carbonyl (C=O) groups excluding carboxylic acids is 1. The zero-order valence-electron chi connectivity index (χ0n) is 11.8. The van der Waals surface area contributed by atoms with Gasteiger partial charge in [0.05, 0.1) is 0 Å². The molecule has 21 heavy (non-hydrogen) atoms. The first-order valence-electron chi connectivity index (χ1n) is 7.25. The Balaban J connectivity index is 1.66. The Morgan fingerprint density at radius 2 is 2.29 bits per heavy atom. The fraction of sp³-hybridized carbons (Fsp3) is 0.312. The molecule has 0 atom stereocenters. The van der Waals surface area contributed by atoms with Crippen molar-refractivity contribution in [3.05, 3.63) is 42.2 Å². The van der Waals surface area contributed by atoms with E-state index in [0.29, 0.717) is 12.2 Å². The minimum atomic E-state index is 0.0397. The van der Waals surface area contributed by atoms with Crippen LogP contribution >= 0.6 is 0 Å². The summed E-state index contributed by atoms with van der Waals surface area (Å²) in [5.74, 6) is 0.735. The molecule has 0 bridgehead atoms. The molecule has 0 radical (unpaired) electrons. The van der Waals surface area contributed by atoms with E-state index in [1.165, 1.54) is 24.7 Å². The summed E-state index contributed by atoms with van der Waals surface area (Å²) in [6.07, 6.45) is 8.75. The van der Waals surface area contributed by atoms with Gasteiger partial charge in [-0.05, 0) is 37.8 Å². The van der Waals surface area contributed by atoms with Gasteiger partial charge in [0.1, 0.15) is 6.33 Å². The molecular weight excluding hydrogens is 264 g/mol. The van der Waals surface area contributed by atoms with Gasteiger partial charge in [-0.2, -0.15) is 5.10 Å². The highest BCUT2D eigenvalue weighted by molar-refractivity contribution is 5.92. The number of amides is 1. The molecule has 0 unspecified atom stereocenters. The van der Waals surface area contributed by atoms with Crippen LogP contribution in [0.1, 0.15) is 32.1 Å². The molecule has 0 saturated carbocycles. The molecule has 1 heterocycles. The van der Waals surface area contributed by atoms with Crippen LogP contribution in [-0.4, -0.2) is 21.1 Å². The molecule has 2 N–H and O–H groups in total. The van der Waals surface area contributed by atoms with Crippen molar-refractivity contribution in [3.8, 4) is 11.4 Å². The first-order chi connectivity index (χ1) is 10.3. The lowest BCUT2D eigenvalue weighted by atomic mass is 9.97. The predicted octanol–water partition coefficient (Wildman–Crippen LogP) is 3.30. The average Bonchev–Trinajstić information content (AvgIpc) is 3.02. The maximum Gasteiger partial charge on any atom is 0.228 e. The lowest BCUT2D eigenvalue weighted by Gasteiger charge is -2.12. The number of hydrogen-bond donors (Lipinski definition) is 2. The van der Waals surface area contributed by atoms with Crippen LogP contribution in [0.25, 0.3) is 11.4 Å². The summed E-state index contributed by atoms with van der Waals surface area (Å²) >= 11 is 0. The van der Waals surface area contributed by atoms with Crippen molar-refractivity contribution < 1.29 is 4.79 Å². The number of H-pyrrole nitrogens is 1. The normalized spacial score (nSPS) is 14.6. The third-order valence-corrected chi connectivity index (χ3v) is 3.61. The number of aromatic nitrogens is 3. The van der Waals surface area contributed by atoms with Gasteiger partial charge in [0.2, 0.25) is 5.91 Å². The van der Waals surface area contributed by atoms with Crippen LogP contribution in [0.2, 0.25) is 0 Å². The van der Waals surface area contributed by atoms with E-state index in [2.05, 4.69) is 26.6 Å². The second-order valence-electron chi connectivity index (χ2n) is 5.25. The summed E-state index contributed by atoms with van der Waals surface area (Å²) in [7, 11) is 0. The minimum absolute atomic E-state index is 0.0397. The van der Waals surface area contributed by atoms with E-state index >= 15 is 0 Å². The number of nitrogens with one attached hydrogen (secondary N) is 2. The van der Waals surface area contributed by atoms with Crippen LogP contribution in [0.15, 0.2) is 42.2 Å². The highest BCUT2D eigenvalue weighted by Gasteiger charge is 2.10. The van der Waals surface area contributed by atoms with Gasteiger partial charge < -0.3 is 5.32 Å². The quantitative estimate of drug-likeness (QED) is 0.845. The molecule has 0 spiro atoms. The van der Waals surface area contributed by atoms with Crippen molar-refractivity contribution in [3.63, 3.8) is 0 Å². The van der Waals surface area contributed by atoms with E-state index in [-0.39, 0.29) is 5.91 Å². The molecule has 1 amide bonds. The highest BCUT2D eigenvalue weighted by Crippen LogP contribution is 2.22. The Kier molecular flexibility index (Phi) is 4.09. The number of aromatic amines is 1. The summed E-state index contributed by atoms with van der Waals surface area (Å²) in [6, 6.07) is 7.61. The lowest BCUT2D eigenvalue weighted by Crippen LogP contribution is -2.13. The van der Waals surface area contributed by atoms with Crippen LogP contribution < -0.4 is 5.32 Å². The summed E-state index contributed by atoms with van der Waals surface area (Å²) < 4.78 is 0. The van der Waals surface area contributed by atoms with E-state index in [9.17, 15) is 4.79 Å². The zero-order chi connectivity index (χ0) is 14.5. The topological polar surface area (TPSA) is 70.7 Å². The molecule has 3 rings (SSSR count). The number of nitrogens with zero attached hydrogens (tertiary/aromatic N) is 2. The molecule has 1 aliphatic carbocycles. The number of rotatable bonds is 4. The molecule has 2 aromatic rings. The summed E-state index contributed by atoms with van der Waals surface area (Å²) in [5.41, 5.74) is 2.94. The van der Waals surface area contributed by atoms with E-state index in [1.807, 2.05) is 24.3 Å². The van der Waals surface area contributed by atoms with Crippen molar-refractivity contribution in [2.45, 2.75) is 32.1 Å². The second-order valence-corrected chi connectivity index (χ2v) is 5.25. The van der Waals surface area contributed by atoms with E-state index in [4.69, 9.17) is 0 Å². The van der Waals surface area contributed by atoms with Crippen molar-refractivity contribution in [1.82, 2.24) is 15.2 Å². The number of allylic oxidation sites excluding steroid dienone is 1.